The number of piperidine rings is 1. The molecule has 4 nitrogen and oxygen atoms in total. The number of hydrogen-bond donors (Lipinski definition) is 1. The zero-order chi connectivity index (χ0) is 15.7. The molecule has 0 saturated carbocycles. The first-order valence-electron chi connectivity index (χ1n) is 6.85. The quantitative estimate of drug-likeness (QED) is 0.927. The molecule has 1 aliphatic heterocycles. The summed E-state index contributed by atoms with van der Waals surface area (Å²) in [5.74, 6) is 0.523. The van der Waals surface area contributed by atoms with E-state index in [2.05, 4.69) is 4.98 Å². The van der Waals surface area contributed by atoms with Gasteiger partial charge in [0.25, 0.3) is 0 Å². The molecule has 118 valence electrons. The van der Waals surface area contributed by atoms with Crippen LogP contribution in [0.4, 0.5) is 19.0 Å². The number of halogens is 3. The molecule has 0 unspecified atom stereocenters. The largest absolute Gasteiger partial charge is 0.417 e. The Bertz CT molecular complexity index is 465. The molecule has 1 N–H and O–H groups in total. The van der Waals surface area contributed by atoms with Crippen LogP contribution < -0.4 is 4.90 Å². The van der Waals surface area contributed by atoms with Gasteiger partial charge in [0.2, 0.25) is 0 Å². The van der Waals surface area contributed by atoms with Gasteiger partial charge < -0.3 is 14.9 Å². The maximum absolute atomic E-state index is 12.5. The first kappa shape index (κ1) is 16.0. The molecular weight excluding hydrogens is 283 g/mol. The maximum atomic E-state index is 12.5. The lowest BCUT2D eigenvalue weighted by Crippen LogP contribution is -2.49. The van der Waals surface area contributed by atoms with Crippen molar-refractivity contribution in [3.63, 3.8) is 0 Å². The van der Waals surface area contributed by atoms with Gasteiger partial charge in [-0.05, 0) is 39.1 Å². The summed E-state index contributed by atoms with van der Waals surface area (Å²) in [5, 5.41) is 10.4. The van der Waals surface area contributed by atoms with Crippen molar-refractivity contribution in [2.75, 3.05) is 38.6 Å². The van der Waals surface area contributed by atoms with Crippen molar-refractivity contribution in [3.05, 3.63) is 23.9 Å². The average molecular weight is 303 g/mol. The highest BCUT2D eigenvalue weighted by molar-refractivity contribution is 5.40. The van der Waals surface area contributed by atoms with Crippen LogP contribution in [-0.2, 0) is 6.18 Å². The van der Waals surface area contributed by atoms with E-state index in [9.17, 15) is 18.3 Å². The Morgan fingerprint density at radius 3 is 2.33 bits per heavy atom. The zero-order valence-corrected chi connectivity index (χ0v) is 12.2. The number of aromatic nitrogens is 1. The Labute approximate surface area is 122 Å². The predicted molar refractivity (Wildman–Crippen MR) is 74.2 cm³/mol. The lowest BCUT2D eigenvalue weighted by atomic mass is 9.91. The fraction of sp³-hybridized carbons (Fsp3) is 0.643. The summed E-state index contributed by atoms with van der Waals surface area (Å²) < 4.78 is 37.5. The van der Waals surface area contributed by atoms with E-state index in [0.717, 1.165) is 12.3 Å². The molecule has 0 bridgehead atoms. The Morgan fingerprint density at radius 1 is 1.29 bits per heavy atom. The number of hydrogen-bond acceptors (Lipinski definition) is 4. The van der Waals surface area contributed by atoms with E-state index in [1.54, 1.807) is 0 Å². The smallest absolute Gasteiger partial charge is 0.388 e. The summed E-state index contributed by atoms with van der Waals surface area (Å²) in [7, 11) is 3.81. The molecule has 0 aromatic carbocycles. The number of anilines is 1. The van der Waals surface area contributed by atoms with Crippen molar-refractivity contribution in [1.29, 1.82) is 0 Å². The summed E-state index contributed by atoms with van der Waals surface area (Å²) in [6.45, 7) is 1.76. The van der Waals surface area contributed by atoms with Gasteiger partial charge in [-0.2, -0.15) is 13.2 Å². The number of nitrogens with zero attached hydrogens (tertiary/aromatic N) is 3. The third-order valence-corrected chi connectivity index (χ3v) is 3.70. The highest BCUT2D eigenvalue weighted by Crippen LogP contribution is 2.30. The number of alkyl halides is 3. The van der Waals surface area contributed by atoms with Crippen LogP contribution >= 0.6 is 0 Å². The zero-order valence-electron chi connectivity index (χ0n) is 12.2. The summed E-state index contributed by atoms with van der Waals surface area (Å²) in [6.07, 6.45) is -2.35. The molecule has 21 heavy (non-hydrogen) atoms. The molecule has 0 spiro atoms. The number of aliphatic hydroxyl groups is 1. The van der Waals surface area contributed by atoms with Crippen molar-refractivity contribution in [3.8, 4) is 0 Å². The molecule has 2 heterocycles. The van der Waals surface area contributed by atoms with Crippen LogP contribution in [-0.4, -0.2) is 54.3 Å². The van der Waals surface area contributed by atoms with E-state index in [1.165, 1.54) is 6.07 Å². The number of pyridine rings is 1. The third kappa shape index (κ3) is 4.07. The van der Waals surface area contributed by atoms with Gasteiger partial charge in [0, 0.05) is 25.8 Å². The van der Waals surface area contributed by atoms with Crippen molar-refractivity contribution in [1.82, 2.24) is 9.88 Å². The molecule has 0 atom stereocenters. The summed E-state index contributed by atoms with van der Waals surface area (Å²) in [4.78, 5) is 7.73. The van der Waals surface area contributed by atoms with Crippen molar-refractivity contribution in [2.24, 2.45) is 0 Å². The molecule has 0 aliphatic carbocycles. The van der Waals surface area contributed by atoms with E-state index < -0.39 is 17.3 Å². The van der Waals surface area contributed by atoms with Crippen LogP contribution in [0.3, 0.4) is 0 Å². The van der Waals surface area contributed by atoms with E-state index in [1.807, 2.05) is 23.9 Å². The molecule has 1 aromatic heterocycles. The van der Waals surface area contributed by atoms with E-state index in [4.69, 9.17) is 0 Å². The van der Waals surface area contributed by atoms with Crippen LogP contribution in [0.2, 0.25) is 0 Å². The number of likely N-dealkylation sites (N-methyl/N-ethyl adjacent to an activating group) is 1. The van der Waals surface area contributed by atoms with Crippen LogP contribution in [0.25, 0.3) is 0 Å². The minimum absolute atomic E-state index is 0.523. The molecule has 1 aromatic rings. The van der Waals surface area contributed by atoms with Gasteiger partial charge in [-0.3, -0.25) is 0 Å². The SMILES string of the molecule is CN(C)CC1(O)CCN(c2ccc(C(F)(F)F)cn2)CC1. The van der Waals surface area contributed by atoms with Crippen LogP contribution in [0.15, 0.2) is 18.3 Å². The summed E-state index contributed by atoms with van der Waals surface area (Å²) >= 11 is 0. The van der Waals surface area contributed by atoms with Crippen molar-refractivity contribution >= 4 is 5.82 Å². The molecule has 2 rings (SSSR count). The van der Waals surface area contributed by atoms with Gasteiger partial charge >= 0.3 is 6.18 Å². The first-order valence-corrected chi connectivity index (χ1v) is 6.85. The Kier molecular flexibility index (Phi) is 4.43. The van der Waals surface area contributed by atoms with Gasteiger partial charge in [0.15, 0.2) is 0 Å². The van der Waals surface area contributed by atoms with Crippen molar-refractivity contribution < 1.29 is 18.3 Å². The third-order valence-electron chi connectivity index (χ3n) is 3.70. The summed E-state index contributed by atoms with van der Waals surface area (Å²) in [5.41, 5.74) is -1.47. The molecular formula is C14H20F3N3O. The second-order valence-corrected chi connectivity index (χ2v) is 5.85. The lowest BCUT2D eigenvalue weighted by molar-refractivity contribution is -0.137. The molecule has 1 aliphatic rings. The molecule has 1 saturated heterocycles. The Hall–Kier alpha value is -1.34. The Morgan fingerprint density at radius 2 is 1.90 bits per heavy atom. The summed E-state index contributed by atoms with van der Waals surface area (Å²) in [6, 6.07) is 2.43. The highest BCUT2D eigenvalue weighted by Gasteiger charge is 2.34. The number of rotatable bonds is 3. The van der Waals surface area contributed by atoms with E-state index >= 15 is 0 Å². The van der Waals surface area contributed by atoms with Gasteiger partial charge in [-0.1, -0.05) is 0 Å². The predicted octanol–water partition coefficient (Wildman–Crippen LogP) is 1.99. The molecule has 0 amide bonds. The minimum atomic E-state index is -4.36. The van der Waals surface area contributed by atoms with E-state index in [-0.39, 0.29) is 0 Å². The average Bonchev–Trinajstić information content (AvgIpc) is 2.37. The molecule has 1 fully saturated rings. The standard InChI is InChI=1S/C14H20F3N3O/c1-19(2)10-13(21)5-7-20(8-6-13)12-4-3-11(9-18-12)14(15,16)17/h3-4,9,21H,5-8,10H2,1-2H3. The fourth-order valence-corrected chi connectivity index (χ4v) is 2.64. The Balaban J connectivity index is 1.99. The van der Waals surface area contributed by atoms with Gasteiger partial charge in [0.05, 0.1) is 11.2 Å². The first-order chi connectivity index (χ1) is 9.70. The highest BCUT2D eigenvalue weighted by atomic mass is 19.4. The minimum Gasteiger partial charge on any atom is -0.388 e. The molecule has 7 heteroatoms. The fourth-order valence-electron chi connectivity index (χ4n) is 2.64. The van der Waals surface area contributed by atoms with Gasteiger partial charge in [-0.15, -0.1) is 0 Å². The van der Waals surface area contributed by atoms with Crippen LogP contribution in [0.5, 0.6) is 0 Å². The maximum Gasteiger partial charge on any atom is 0.417 e. The second-order valence-electron chi connectivity index (χ2n) is 5.85. The van der Waals surface area contributed by atoms with Crippen molar-refractivity contribution in [2.45, 2.75) is 24.6 Å². The lowest BCUT2D eigenvalue weighted by Gasteiger charge is -2.40. The topological polar surface area (TPSA) is 39.6 Å². The van der Waals surface area contributed by atoms with Crippen LogP contribution in [0, 0.1) is 0 Å². The normalized spacial score (nSPS) is 19.1. The van der Waals surface area contributed by atoms with Gasteiger partial charge in [0.1, 0.15) is 5.82 Å². The van der Waals surface area contributed by atoms with E-state index in [0.29, 0.717) is 38.3 Å². The van der Waals surface area contributed by atoms with Gasteiger partial charge in [-0.25, -0.2) is 4.98 Å². The second kappa shape index (κ2) is 5.81. The van der Waals surface area contributed by atoms with Crippen LogP contribution in [0.1, 0.15) is 18.4 Å². The molecule has 0 radical (unpaired) electrons. The monoisotopic (exact) mass is 303 g/mol.